The van der Waals surface area contributed by atoms with Crippen molar-refractivity contribution in [1.82, 2.24) is 14.8 Å². The molecule has 4 aromatic heterocycles. The number of hydrogen-bond acceptors (Lipinski definition) is 6. The van der Waals surface area contributed by atoms with E-state index in [1.807, 2.05) is 47.2 Å². The zero-order chi connectivity index (χ0) is 17.9. The average Bonchev–Trinajstić information content (AvgIpc) is 3.41. The van der Waals surface area contributed by atoms with Gasteiger partial charge in [0.1, 0.15) is 11.5 Å². The van der Waals surface area contributed by atoms with E-state index in [1.165, 1.54) is 27.4 Å². The van der Waals surface area contributed by atoms with Gasteiger partial charge in [0.05, 0.1) is 22.1 Å². The minimum atomic E-state index is -0.180. The third-order valence-corrected chi connectivity index (χ3v) is 5.58. The highest BCUT2D eigenvalue weighted by atomic mass is 35.5. The van der Waals surface area contributed by atoms with E-state index in [2.05, 4.69) is 15.4 Å². The van der Waals surface area contributed by atoms with Crippen molar-refractivity contribution >= 4 is 46.0 Å². The third kappa shape index (κ3) is 3.55. The van der Waals surface area contributed by atoms with Gasteiger partial charge in [0.2, 0.25) is 0 Å². The summed E-state index contributed by atoms with van der Waals surface area (Å²) in [5.41, 5.74) is 1.96. The van der Waals surface area contributed by atoms with Crippen LogP contribution in [-0.4, -0.2) is 20.7 Å². The Morgan fingerprint density at radius 1 is 1.19 bits per heavy atom. The minimum Gasteiger partial charge on any atom is -0.365 e. The summed E-state index contributed by atoms with van der Waals surface area (Å²) in [4.78, 5) is 18.2. The molecule has 0 aromatic carbocycles. The number of carbonyl (C=O) groups is 1. The number of nitrogens with one attached hydrogen (secondary N) is 1. The first kappa shape index (κ1) is 17.0. The first-order valence-corrected chi connectivity index (χ1v) is 9.91. The van der Waals surface area contributed by atoms with Gasteiger partial charge in [0, 0.05) is 22.5 Å². The van der Waals surface area contributed by atoms with Crippen molar-refractivity contribution in [1.29, 1.82) is 0 Å². The van der Waals surface area contributed by atoms with E-state index in [-0.39, 0.29) is 5.91 Å². The highest BCUT2D eigenvalue weighted by Gasteiger charge is 2.18. The lowest BCUT2D eigenvalue weighted by atomic mass is 10.3. The van der Waals surface area contributed by atoms with Gasteiger partial charge in [0.25, 0.3) is 5.91 Å². The Kier molecular flexibility index (Phi) is 4.83. The van der Waals surface area contributed by atoms with Crippen LogP contribution < -0.4 is 5.32 Å². The van der Waals surface area contributed by atoms with Crippen LogP contribution in [0.1, 0.15) is 15.2 Å². The van der Waals surface area contributed by atoms with E-state index < -0.39 is 0 Å². The van der Waals surface area contributed by atoms with E-state index in [1.54, 1.807) is 12.3 Å². The molecule has 0 atom stereocenters. The maximum Gasteiger partial charge on any atom is 0.280 e. The van der Waals surface area contributed by atoms with Crippen molar-refractivity contribution in [3.8, 4) is 11.4 Å². The fourth-order valence-electron chi connectivity index (χ4n) is 2.43. The number of pyridine rings is 1. The molecule has 4 aromatic rings. The van der Waals surface area contributed by atoms with Crippen LogP contribution in [0.3, 0.4) is 0 Å². The molecule has 1 N–H and O–H groups in total. The van der Waals surface area contributed by atoms with Crippen LogP contribution in [0.5, 0.6) is 0 Å². The normalized spacial score (nSPS) is 10.8. The molecule has 0 amide bonds. The fraction of sp³-hybridized carbons (Fsp3) is 0.0556. The minimum absolute atomic E-state index is 0.180. The van der Waals surface area contributed by atoms with Crippen molar-refractivity contribution in [2.45, 2.75) is 6.54 Å². The molecule has 130 valence electrons. The van der Waals surface area contributed by atoms with E-state index in [4.69, 9.17) is 11.6 Å². The standard InChI is InChI=1S/C18H13ClN4OS2/c19-16-5-4-13(26-16)10-21-17-9-15(14-3-1-2-7-20-14)22-23(17)18(24)12-6-8-25-11-12/h1-9,11,21H,10H2. The van der Waals surface area contributed by atoms with Gasteiger partial charge in [-0.3, -0.25) is 9.78 Å². The summed E-state index contributed by atoms with van der Waals surface area (Å²) in [6.45, 7) is 0.557. The second-order valence-corrected chi connectivity index (χ2v) is 8.00. The first-order chi connectivity index (χ1) is 12.7. The molecule has 0 aliphatic rings. The van der Waals surface area contributed by atoms with E-state index in [0.29, 0.717) is 29.3 Å². The summed E-state index contributed by atoms with van der Waals surface area (Å²) in [7, 11) is 0. The zero-order valence-electron chi connectivity index (χ0n) is 13.4. The number of rotatable bonds is 5. The largest absolute Gasteiger partial charge is 0.365 e. The number of thiophene rings is 2. The quantitative estimate of drug-likeness (QED) is 0.510. The Hall–Kier alpha value is -2.48. The maximum atomic E-state index is 12.8. The van der Waals surface area contributed by atoms with Crippen molar-refractivity contribution in [2.24, 2.45) is 0 Å². The molecule has 0 aliphatic heterocycles. The summed E-state index contributed by atoms with van der Waals surface area (Å²) in [6, 6.07) is 13.0. The average molecular weight is 401 g/mol. The van der Waals surface area contributed by atoms with Gasteiger partial charge in [-0.2, -0.15) is 21.1 Å². The number of aromatic nitrogens is 3. The number of hydrogen-bond donors (Lipinski definition) is 1. The number of nitrogens with zero attached hydrogens (tertiary/aromatic N) is 3. The molecule has 0 saturated carbocycles. The van der Waals surface area contributed by atoms with Gasteiger partial charge in [-0.15, -0.1) is 11.3 Å². The summed E-state index contributed by atoms with van der Waals surface area (Å²) in [5, 5.41) is 11.4. The SMILES string of the molecule is O=C(c1ccsc1)n1nc(-c2ccccn2)cc1NCc1ccc(Cl)s1. The smallest absolute Gasteiger partial charge is 0.280 e. The Balaban J connectivity index is 1.68. The highest BCUT2D eigenvalue weighted by molar-refractivity contribution is 7.16. The molecule has 0 bridgehead atoms. The van der Waals surface area contributed by atoms with Gasteiger partial charge < -0.3 is 5.32 Å². The Bertz CT molecular complexity index is 1020. The number of halogens is 1. The van der Waals surface area contributed by atoms with Crippen molar-refractivity contribution in [3.05, 3.63) is 74.2 Å². The topological polar surface area (TPSA) is 59.8 Å². The second kappa shape index (κ2) is 7.41. The van der Waals surface area contributed by atoms with Crippen LogP contribution in [-0.2, 0) is 6.54 Å². The first-order valence-electron chi connectivity index (χ1n) is 7.77. The fourth-order valence-corrected chi connectivity index (χ4v) is 4.09. The monoisotopic (exact) mass is 400 g/mol. The maximum absolute atomic E-state index is 12.8. The summed E-state index contributed by atoms with van der Waals surface area (Å²) >= 11 is 8.96. The molecule has 0 unspecified atom stereocenters. The molecule has 5 nitrogen and oxygen atoms in total. The molecule has 0 aliphatic carbocycles. The molecule has 0 saturated heterocycles. The van der Waals surface area contributed by atoms with Gasteiger partial charge in [-0.25, -0.2) is 0 Å². The van der Waals surface area contributed by atoms with Crippen molar-refractivity contribution < 1.29 is 4.79 Å². The van der Waals surface area contributed by atoms with Crippen molar-refractivity contribution in [2.75, 3.05) is 5.32 Å². The lowest BCUT2D eigenvalue weighted by Crippen LogP contribution is -2.16. The molecule has 8 heteroatoms. The second-order valence-electron chi connectivity index (χ2n) is 5.42. The lowest BCUT2D eigenvalue weighted by Gasteiger charge is -2.07. The Labute approximate surface area is 162 Å². The molecule has 0 radical (unpaired) electrons. The van der Waals surface area contributed by atoms with Crippen LogP contribution in [0.25, 0.3) is 11.4 Å². The van der Waals surface area contributed by atoms with Crippen LogP contribution in [0, 0.1) is 0 Å². The summed E-state index contributed by atoms with van der Waals surface area (Å²) in [6.07, 6.45) is 1.70. The van der Waals surface area contributed by atoms with Gasteiger partial charge in [0.15, 0.2) is 0 Å². The van der Waals surface area contributed by atoms with E-state index >= 15 is 0 Å². The van der Waals surface area contributed by atoms with Crippen LogP contribution >= 0.6 is 34.3 Å². The number of carbonyl (C=O) groups excluding carboxylic acids is 1. The van der Waals surface area contributed by atoms with Gasteiger partial charge in [-0.1, -0.05) is 17.7 Å². The van der Waals surface area contributed by atoms with Crippen LogP contribution in [0.4, 0.5) is 5.82 Å². The molecule has 4 heterocycles. The molecule has 0 spiro atoms. The lowest BCUT2D eigenvalue weighted by molar-refractivity contribution is 0.0948. The van der Waals surface area contributed by atoms with E-state index in [0.717, 1.165) is 9.21 Å². The highest BCUT2D eigenvalue weighted by Crippen LogP contribution is 2.25. The third-order valence-electron chi connectivity index (χ3n) is 3.67. The Morgan fingerprint density at radius 3 is 2.81 bits per heavy atom. The Morgan fingerprint density at radius 2 is 2.12 bits per heavy atom. The van der Waals surface area contributed by atoms with Crippen LogP contribution in [0.15, 0.2) is 59.4 Å². The summed E-state index contributed by atoms with van der Waals surface area (Å²) in [5.74, 6) is 0.437. The van der Waals surface area contributed by atoms with Crippen molar-refractivity contribution in [3.63, 3.8) is 0 Å². The van der Waals surface area contributed by atoms with Gasteiger partial charge in [-0.05, 0) is 35.7 Å². The van der Waals surface area contributed by atoms with E-state index in [9.17, 15) is 4.79 Å². The summed E-state index contributed by atoms with van der Waals surface area (Å²) < 4.78 is 2.13. The number of anilines is 1. The molecule has 0 fully saturated rings. The predicted octanol–water partition coefficient (Wildman–Crippen LogP) is 5.02. The van der Waals surface area contributed by atoms with Gasteiger partial charge >= 0.3 is 0 Å². The molecular weight excluding hydrogens is 388 g/mol. The predicted molar refractivity (Wildman–Crippen MR) is 106 cm³/mol. The molecule has 4 rings (SSSR count). The molecular formula is C18H13ClN4OS2. The molecule has 26 heavy (non-hydrogen) atoms. The van der Waals surface area contributed by atoms with Crippen LogP contribution in [0.2, 0.25) is 4.34 Å². The zero-order valence-corrected chi connectivity index (χ0v) is 15.8.